The number of carbonyl (C=O) groups is 1. The minimum Gasteiger partial charge on any atom is -0.382 e. The molecular weight excluding hydrogens is 192 g/mol. The van der Waals surface area contributed by atoms with Gasteiger partial charge in [0.15, 0.2) is 5.78 Å². The summed E-state index contributed by atoms with van der Waals surface area (Å²) in [5.74, 6) is 0.148. The SMILES string of the molecule is CCOCCCC(=O)c1cnn(CC)c1. The smallest absolute Gasteiger partial charge is 0.166 e. The Bertz CT molecular complexity index is 307. The summed E-state index contributed by atoms with van der Waals surface area (Å²) in [5, 5.41) is 4.06. The van der Waals surface area contributed by atoms with E-state index in [0.717, 1.165) is 13.0 Å². The van der Waals surface area contributed by atoms with E-state index in [4.69, 9.17) is 4.74 Å². The minimum absolute atomic E-state index is 0.148. The molecule has 4 nitrogen and oxygen atoms in total. The summed E-state index contributed by atoms with van der Waals surface area (Å²) in [4.78, 5) is 11.6. The summed E-state index contributed by atoms with van der Waals surface area (Å²) < 4.78 is 6.93. The van der Waals surface area contributed by atoms with Crippen molar-refractivity contribution in [1.29, 1.82) is 0 Å². The minimum atomic E-state index is 0.148. The van der Waals surface area contributed by atoms with Crippen molar-refractivity contribution in [3.05, 3.63) is 18.0 Å². The van der Waals surface area contributed by atoms with Crippen LogP contribution in [0.1, 0.15) is 37.0 Å². The van der Waals surface area contributed by atoms with Gasteiger partial charge >= 0.3 is 0 Å². The van der Waals surface area contributed by atoms with Gasteiger partial charge < -0.3 is 4.74 Å². The van der Waals surface area contributed by atoms with Crippen LogP contribution in [-0.2, 0) is 11.3 Å². The van der Waals surface area contributed by atoms with Gasteiger partial charge in [-0.25, -0.2) is 0 Å². The summed E-state index contributed by atoms with van der Waals surface area (Å²) in [7, 11) is 0. The first kappa shape index (κ1) is 11.9. The number of hydrogen-bond acceptors (Lipinski definition) is 3. The second-order valence-electron chi connectivity index (χ2n) is 3.31. The molecular formula is C11H18N2O2. The summed E-state index contributed by atoms with van der Waals surface area (Å²) in [5.41, 5.74) is 0.702. The van der Waals surface area contributed by atoms with E-state index in [9.17, 15) is 4.79 Å². The third-order valence-electron chi connectivity index (χ3n) is 2.18. The molecule has 0 aliphatic heterocycles. The van der Waals surface area contributed by atoms with Crippen LogP contribution in [0.25, 0.3) is 0 Å². The number of ether oxygens (including phenoxy) is 1. The van der Waals surface area contributed by atoms with Crippen molar-refractivity contribution in [2.24, 2.45) is 0 Å². The van der Waals surface area contributed by atoms with Gasteiger partial charge in [-0.2, -0.15) is 5.10 Å². The van der Waals surface area contributed by atoms with Gasteiger partial charge in [0.05, 0.1) is 11.8 Å². The van der Waals surface area contributed by atoms with Gasteiger partial charge in [0.2, 0.25) is 0 Å². The van der Waals surface area contributed by atoms with Gasteiger partial charge in [0.25, 0.3) is 0 Å². The summed E-state index contributed by atoms with van der Waals surface area (Å²) in [6.07, 6.45) is 4.74. The predicted molar refractivity (Wildman–Crippen MR) is 58.0 cm³/mol. The van der Waals surface area contributed by atoms with E-state index in [-0.39, 0.29) is 5.78 Å². The van der Waals surface area contributed by atoms with Crippen molar-refractivity contribution in [2.75, 3.05) is 13.2 Å². The fraction of sp³-hybridized carbons (Fsp3) is 0.636. The second kappa shape index (κ2) is 6.35. The largest absolute Gasteiger partial charge is 0.382 e. The number of nitrogens with zero attached hydrogens (tertiary/aromatic N) is 2. The molecule has 0 atom stereocenters. The van der Waals surface area contributed by atoms with Crippen molar-refractivity contribution in [3.8, 4) is 0 Å². The van der Waals surface area contributed by atoms with Crippen LogP contribution in [0.4, 0.5) is 0 Å². The Hall–Kier alpha value is -1.16. The molecule has 1 aromatic rings. The van der Waals surface area contributed by atoms with Crippen LogP contribution < -0.4 is 0 Å². The maximum Gasteiger partial charge on any atom is 0.166 e. The second-order valence-corrected chi connectivity index (χ2v) is 3.31. The molecule has 0 spiro atoms. The monoisotopic (exact) mass is 210 g/mol. The average Bonchev–Trinajstić information content (AvgIpc) is 2.72. The van der Waals surface area contributed by atoms with Gasteiger partial charge in [0.1, 0.15) is 0 Å². The molecule has 0 saturated heterocycles. The molecule has 1 aromatic heterocycles. The fourth-order valence-corrected chi connectivity index (χ4v) is 1.30. The maximum absolute atomic E-state index is 11.6. The number of ketones is 1. The van der Waals surface area contributed by atoms with Gasteiger partial charge in [-0.3, -0.25) is 9.48 Å². The molecule has 15 heavy (non-hydrogen) atoms. The number of aromatic nitrogens is 2. The lowest BCUT2D eigenvalue weighted by molar-refractivity contribution is 0.0947. The topological polar surface area (TPSA) is 44.1 Å². The molecule has 0 radical (unpaired) electrons. The molecule has 1 heterocycles. The maximum atomic E-state index is 11.6. The zero-order valence-electron chi connectivity index (χ0n) is 9.40. The van der Waals surface area contributed by atoms with Crippen molar-refractivity contribution in [1.82, 2.24) is 9.78 Å². The Balaban J connectivity index is 2.33. The molecule has 84 valence electrons. The molecule has 0 unspecified atom stereocenters. The highest BCUT2D eigenvalue weighted by Gasteiger charge is 2.07. The number of rotatable bonds is 7. The van der Waals surface area contributed by atoms with Gasteiger partial charge in [-0.15, -0.1) is 0 Å². The molecule has 0 aliphatic carbocycles. The molecule has 0 saturated carbocycles. The van der Waals surface area contributed by atoms with Gasteiger partial charge in [0, 0.05) is 32.4 Å². The van der Waals surface area contributed by atoms with E-state index in [1.54, 1.807) is 17.1 Å². The predicted octanol–water partition coefficient (Wildman–Crippen LogP) is 1.90. The van der Waals surface area contributed by atoms with E-state index in [0.29, 0.717) is 25.2 Å². The fourth-order valence-electron chi connectivity index (χ4n) is 1.30. The Morgan fingerprint density at radius 2 is 2.33 bits per heavy atom. The van der Waals surface area contributed by atoms with E-state index >= 15 is 0 Å². The zero-order chi connectivity index (χ0) is 11.1. The van der Waals surface area contributed by atoms with Crippen LogP contribution in [-0.4, -0.2) is 28.8 Å². The normalized spacial score (nSPS) is 10.5. The van der Waals surface area contributed by atoms with Gasteiger partial charge in [-0.1, -0.05) is 0 Å². The molecule has 0 bridgehead atoms. The summed E-state index contributed by atoms with van der Waals surface area (Å²) >= 11 is 0. The molecule has 1 rings (SSSR count). The third kappa shape index (κ3) is 3.83. The molecule has 4 heteroatoms. The lowest BCUT2D eigenvalue weighted by atomic mass is 10.1. The lowest BCUT2D eigenvalue weighted by Crippen LogP contribution is -2.01. The van der Waals surface area contributed by atoms with Crippen molar-refractivity contribution < 1.29 is 9.53 Å². The zero-order valence-corrected chi connectivity index (χ0v) is 9.40. The van der Waals surface area contributed by atoms with Gasteiger partial charge in [-0.05, 0) is 20.3 Å². The summed E-state index contributed by atoms with van der Waals surface area (Å²) in [6, 6.07) is 0. The van der Waals surface area contributed by atoms with Crippen LogP contribution in [0.2, 0.25) is 0 Å². The Labute approximate surface area is 90.2 Å². The standard InChI is InChI=1S/C11H18N2O2/c1-3-13-9-10(8-12-13)11(14)6-5-7-15-4-2/h8-9H,3-7H2,1-2H3. The van der Waals surface area contributed by atoms with Crippen LogP contribution in [0, 0.1) is 0 Å². The van der Waals surface area contributed by atoms with E-state index in [1.165, 1.54) is 0 Å². The molecule has 0 N–H and O–H groups in total. The van der Waals surface area contributed by atoms with Crippen molar-refractivity contribution in [2.45, 2.75) is 33.2 Å². The average molecular weight is 210 g/mol. The van der Waals surface area contributed by atoms with Crippen LogP contribution >= 0.6 is 0 Å². The molecule has 0 aliphatic rings. The number of carbonyl (C=O) groups excluding carboxylic acids is 1. The molecule has 0 fully saturated rings. The number of Topliss-reactive ketones (excluding diaryl/α,β-unsaturated/α-hetero) is 1. The highest BCUT2D eigenvalue weighted by Crippen LogP contribution is 2.04. The van der Waals surface area contributed by atoms with Crippen molar-refractivity contribution >= 4 is 5.78 Å². The molecule has 0 amide bonds. The van der Waals surface area contributed by atoms with Crippen LogP contribution in [0.3, 0.4) is 0 Å². The van der Waals surface area contributed by atoms with Crippen LogP contribution in [0.5, 0.6) is 0 Å². The Morgan fingerprint density at radius 3 is 2.93 bits per heavy atom. The quantitative estimate of drug-likeness (QED) is 0.510. The van der Waals surface area contributed by atoms with E-state index in [1.807, 2.05) is 13.8 Å². The first-order valence-corrected chi connectivity index (χ1v) is 5.41. The number of hydrogen-bond donors (Lipinski definition) is 0. The first-order valence-electron chi connectivity index (χ1n) is 5.41. The van der Waals surface area contributed by atoms with E-state index in [2.05, 4.69) is 5.10 Å². The Morgan fingerprint density at radius 1 is 1.53 bits per heavy atom. The Kier molecular flexibility index (Phi) is 5.04. The third-order valence-corrected chi connectivity index (χ3v) is 2.18. The van der Waals surface area contributed by atoms with E-state index < -0.39 is 0 Å². The van der Waals surface area contributed by atoms with Crippen molar-refractivity contribution in [3.63, 3.8) is 0 Å². The first-order chi connectivity index (χ1) is 7.27. The number of aryl methyl sites for hydroxylation is 1. The molecule has 0 aromatic carbocycles. The summed E-state index contributed by atoms with van der Waals surface area (Å²) in [6.45, 7) is 6.11. The highest BCUT2D eigenvalue weighted by molar-refractivity contribution is 5.95. The highest BCUT2D eigenvalue weighted by atomic mass is 16.5. The lowest BCUT2D eigenvalue weighted by Gasteiger charge is -1.99. The van der Waals surface area contributed by atoms with Crippen LogP contribution in [0.15, 0.2) is 12.4 Å².